The highest BCUT2D eigenvalue weighted by atomic mass is 16.2. The average Bonchev–Trinajstić information content (AvgIpc) is 2.69. The molecule has 28 heavy (non-hydrogen) atoms. The van der Waals surface area contributed by atoms with Crippen molar-refractivity contribution >= 4 is 23.4 Å². The van der Waals surface area contributed by atoms with Crippen LogP contribution >= 0.6 is 0 Å². The number of carbonyl (C=O) groups is 3. The lowest BCUT2D eigenvalue weighted by Crippen LogP contribution is -2.46. The number of likely N-dealkylation sites (tertiary alicyclic amines) is 1. The van der Waals surface area contributed by atoms with Crippen molar-refractivity contribution in [1.29, 1.82) is 0 Å². The van der Waals surface area contributed by atoms with Gasteiger partial charge in [0.15, 0.2) is 0 Å². The summed E-state index contributed by atoms with van der Waals surface area (Å²) >= 11 is 0. The lowest BCUT2D eigenvalue weighted by atomic mass is 9.90. The fourth-order valence-corrected chi connectivity index (χ4v) is 3.56. The predicted octanol–water partition coefficient (Wildman–Crippen LogP) is 2.43. The summed E-state index contributed by atoms with van der Waals surface area (Å²) in [7, 11) is 0. The Bertz CT molecular complexity index is 898. The minimum atomic E-state index is -0.754. The molecule has 3 amide bonds. The van der Waals surface area contributed by atoms with E-state index in [0.717, 1.165) is 18.4 Å². The summed E-state index contributed by atoms with van der Waals surface area (Å²) < 4.78 is 0. The van der Waals surface area contributed by atoms with Gasteiger partial charge in [-0.2, -0.15) is 0 Å². The number of amides is 3. The van der Waals surface area contributed by atoms with Gasteiger partial charge in [-0.3, -0.25) is 19.4 Å². The number of aryl methyl sites for hydroxylation is 1. The standard InChI is InChI=1S/C21H24N4O3/c1-13-8-9-18(15-6-4-3-5-7-15)25(12-13)21(28)20(27)24-16-10-17(19(22)26)14(2)23-11-16/h3-7,10-11,13,18H,8-9,12H2,1-2H3,(H2,22,26)(H,24,27). The van der Waals surface area contributed by atoms with Gasteiger partial charge in [0.25, 0.3) is 5.91 Å². The molecule has 2 aromatic rings. The molecule has 2 atom stereocenters. The summed E-state index contributed by atoms with van der Waals surface area (Å²) in [5.74, 6) is -1.67. The number of carbonyl (C=O) groups excluding carboxylic acids is 3. The lowest BCUT2D eigenvalue weighted by Gasteiger charge is -2.38. The molecule has 1 fully saturated rings. The molecule has 1 aromatic heterocycles. The van der Waals surface area contributed by atoms with Gasteiger partial charge >= 0.3 is 11.8 Å². The van der Waals surface area contributed by atoms with Gasteiger partial charge in [0.1, 0.15) is 0 Å². The van der Waals surface area contributed by atoms with Crippen LogP contribution in [0, 0.1) is 12.8 Å². The minimum Gasteiger partial charge on any atom is -0.366 e. The van der Waals surface area contributed by atoms with Crippen LogP contribution in [0.1, 0.15) is 47.4 Å². The molecule has 2 heterocycles. The fourth-order valence-electron chi connectivity index (χ4n) is 3.56. The number of nitrogens with zero attached hydrogens (tertiary/aromatic N) is 2. The Morgan fingerprint density at radius 3 is 2.57 bits per heavy atom. The van der Waals surface area contributed by atoms with Crippen LogP contribution in [-0.4, -0.2) is 34.2 Å². The highest BCUT2D eigenvalue weighted by Crippen LogP contribution is 2.33. The summed E-state index contributed by atoms with van der Waals surface area (Å²) in [5, 5.41) is 2.55. The largest absolute Gasteiger partial charge is 0.366 e. The first-order valence-electron chi connectivity index (χ1n) is 9.30. The topological polar surface area (TPSA) is 105 Å². The van der Waals surface area contributed by atoms with Gasteiger partial charge in [-0.15, -0.1) is 0 Å². The zero-order valence-electron chi connectivity index (χ0n) is 16.0. The van der Waals surface area contributed by atoms with Crippen LogP contribution < -0.4 is 11.1 Å². The summed E-state index contributed by atoms with van der Waals surface area (Å²) in [6.07, 6.45) is 3.21. The maximum absolute atomic E-state index is 12.9. The molecule has 7 heteroatoms. The maximum Gasteiger partial charge on any atom is 0.313 e. The van der Waals surface area contributed by atoms with Gasteiger partial charge in [-0.05, 0) is 37.3 Å². The van der Waals surface area contributed by atoms with E-state index in [2.05, 4.69) is 17.2 Å². The van der Waals surface area contributed by atoms with Crippen molar-refractivity contribution in [3.8, 4) is 0 Å². The van der Waals surface area contributed by atoms with Gasteiger partial charge < -0.3 is 16.0 Å². The zero-order chi connectivity index (χ0) is 20.3. The van der Waals surface area contributed by atoms with Gasteiger partial charge in [0.05, 0.1) is 29.2 Å². The second-order valence-electron chi connectivity index (χ2n) is 7.24. The van der Waals surface area contributed by atoms with E-state index in [1.54, 1.807) is 11.8 Å². The van der Waals surface area contributed by atoms with Crippen LogP contribution in [0.25, 0.3) is 0 Å². The summed E-state index contributed by atoms with van der Waals surface area (Å²) in [6.45, 7) is 4.24. The Labute approximate surface area is 163 Å². The molecular formula is C21H24N4O3. The SMILES string of the molecule is Cc1ncc(NC(=O)C(=O)N2CC(C)CCC2c2ccccc2)cc1C(N)=O. The van der Waals surface area contributed by atoms with Crippen molar-refractivity contribution < 1.29 is 14.4 Å². The molecule has 0 saturated carbocycles. The summed E-state index contributed by atoms with van der Waals surface area (Å²) in [6, 6.07) is 11.0. The van der Waals surface area contributed by atoms with Gasteiger partial charge in [0, 0.05) is 6.54 Å². The van der Waals surface area contributed by atoms with Crippen molar-refractivity contribution in [2.45, 2.75) is 32.7 Å². The molecule has 3 rings (SSSR count). The quantitative estimate of drug-likeness (QED) is 0.798. The molecule has 0 spiro atoms. The monoisotopic (exact) mass is 380 g/mol. The first kappa shape index (κ1) is 19.5. The highest BCUT2D eigenvalue weighted by molar-refractivity contribution is 6.39. The summed E-state index contributed by atoms with van der Waals surface area (Å²) in [4.78, 5) is 42.7. The van der Waals surface area contributed by atoms with E-state index in [4.69, 9.17) is 5.73 Å². The van der Waals surface area contributed by atoms with E-state index in [0.29, 0.717) is 18.2 Å². The number of rotatable bonds is 3. The minimum absolute atomic E-state index is 0.132. The average molecular weight is 380 g/mol. The number of nitrogens with one attached hydrogen (secondary N) is 1. The van der Waals surface area contributed by atoms with E-state index in [9.17, 15) is 14.4 Å². The Hall–Kier alpha value is -3.22. The molecule has 0 bridgehead atoms. The molecule has 1 aliphatic heterocycles. The molecule has 1 aromatic carbocycles. The predicted molar refractivity (Wildman–Crippen MR) is 105 cm³/mol. The van der Waals surface area contributed by atoms with Crippen LogP contribution in [-0.2, 0) is 9.59 Å². The van der Waals surface area contributed by atoms with Crippen molar-refractivity contribution in [3.05, 3.63) is 59.4 Å². The second kappa shape index (κ2) is 8.21. The zero-order valence-corrected chi connectivity index (χ0v) is 16.0. The number of hydrogen-bond donors (Lipinski definition) is 2. The third kappa shape index (κ3) is 4.19. The fraction of sp³-hybridized carbons (Fsp3) is 0.333. The number of primary amides is 1. The molecule has 3 N–H and O–H groups in total. The third-order valence-corrected chi connectivity index (χ3v) is 5.07. The van der Waals surface area contributed by atoms with Crippen LogP contribution in [0.3, 0.4) is 0 Å². The van der Waals surface area contributed by atoms with Gasteiger partial charge in [0.2, 0.25) is 0 Å². The Morgan fingerprint density at radius 2 is 1.89 bits per heavy atom. The van der Waals surface area contributed by atoms with E-state index >= 15 is 0 Å². The number of piperidine rings is 1. The maximum atomic E-state index is 12.9. The van der Waals surface area contributed by atoms with Gasteiger partial charge in [-0.25, -0.2) is 0 Å². The molecular weight excluding hydrogens is 356 g/mol. The number of nitrogens with two attached hydrogens (primary N) is 1. The Morgan fingerprint density at radius 1 is 1.18 bits per heavy atom. The van der Waals surface area contributed by atoms with Crippen molar-refractivity contribution in [2.24, 2.45) is 11.7 Å². The Kier molecular flexibility index (Phi) is 5.73. The number of hydrogen-bond acceptors (Lipinski definition) is 4. The van der Waals surface area contributed by atoms with Crippen molar-refractivity contribution in [3.63, 3.8) is 0 Å². The summed E-state index contributed by atoms with van der Waals surface area (Å²) in [5.41, 5.74) is 7.27. The molecule has 1 aliphatic rings. The molecule has 2 unspecified atom stereocenters. The van der Waals surface area contributed by atoms with Crippen LogP contribution in [0.5, 0.6) is 0 Å². The second-order valence-corrected chi connectivity index (χ2v) is 7.24. The molecule has 0 aliphatic carbocycles. The molecule has 0 radical (unpaired) electrons. The van der Waals surface area contributed by atoms with E-state index in [-0.39, 0.29) is 17.3 Å². The molecule has 7 nitrogen and oxygen atoms in total. The smallest absolute Gasteiger partial charge is 0.313 e. The van der Waals surface area contributed by atoms with Crippen LogP contribution in [0.4, 0.5) is 5.69 Å². The molecule has 146 valence electrons. The number of benzene rings is 1. The normalized spacial score (nSPS) is 19.1. The lowest BCUT2D eigenvalue weighted by molar-refractivity contribution is -0.146. The highest BCUT2D eigenvalue weighted by Gasteiger charge is 2.34. The number of anilines is 1. The van der Waals surface area contributed by atoms with Crippen molar-refractivity contribution in [2.75, 3.05) is 11.9 Å². The van der Waals surface area contributed by atoms with Gasteiger partial charge in [-0.1, -0.05) is 37.3 Å². The van der Waals surface area contributed by atoms with E-state index < -0.39 is 17.7 Å². The third-order valence-electron chi connectivity index (χ3n) is 5.07. The Balaban J connectivity index is 1.80. The number of pyridine rings is 1. The van der Waals surface area contributed by atoms with Crippen molar-refractivity contribution in [1.82, 2.24) is 9.88 Å². The first-order chi connectivity index (χ1) is 13.4. The first-order valence-corrected chi connectivity index (χ1v) is 9.30. The van der Waals surface area contributed by atoms with Crippen LogP contribution in [0.2, 0.25) is 0 Å². The van der Waals surface area contributed by atoms with E-state index in [1.807, 2.05) is 30.3 Å². The van der Waals surface area contributed by atoms with E-state index in [1.165, 1.54) is 12.3 Å². The van der Waals surface area contributed by atoms with Crippen LogP contribution in [0.15, 0.2) is 42.6 Å². The molecule has 1 saturated heterocycles. The number of aromatic nitrogens is 1.